The fourth-order valence-electron chi connectivity index (χ4n) is 1.88. The SMILES string of the molecule is CCN(CC(=O)NC)c1nnc(Cl)c2ccccc12. The molecule has 0 aliphatic heterocycles. The molecule has 100 valence electrons. The summed E-state index contributed by atoms with van der Waals surface area (Å²) in [6.45, 7) is 2.87. The zero-order chi connectivity index (χ0) is 13.8. The number of halogens is 1. The van der Waals surface area contributed by atoms with Crippen LogP contribution in [-0.2, 0) is 4.79 Å². The van der Waals surface area contributed by atoms with Crippen LogP contribution in [0.5, 0.6) is 0 Å². The molecule has 6 heteroatoms. The van der Waals surface area contributed by atoms with Crippen LogP contribution in [0.2, 0.25) is 5.15 Å². The van der Waals surface area contributed by atoms with Crippen molar-refractivity contribution in [3.05, 3.63) is 29.4 Å². The van der Waals surface area contributed by atoms with Crippen LogP contribution in [-0.4, -0.2) is 36.2 Å². The summed E-state index contributed by atoms with van der Waals surface area (Å²) >= 11 is 6.04. The lowest BCUT2D eigenvalue weighted by Crippen LogP contribution is -2.36. The quantitative estimate of drug-likeness (QED) is 0.927. The number of anilines is 1. The first-order valence-electron chi connectivity index (χ1n) is 6.03. The molecule has 0 radical (unpaired) electrons. The van der Waals surface area contributed by atoms with Gasteiger partial charge in [-0.25, -0.2) is 0 Å². The van der Waals surface area contributed by atoms with Crippen molar-refractivity contribution >= 4 is 34.1 Å². The van der Waals surface area contributed by atoms with E-state index in [-0.39, 0.29) is 12.5 Å². The Labute approximate surface area is 116 Å². The van der Waals surface area contributed by atoms with Crippen molar-refractivity contribution in [3.8, 4) is 0 Å². The second kappa shape index (κ2) is 5.84. The fraction of sp³-hybridized carbons (Fsp3) is 0.308. The van der Waals surface area contributed by atoms with E-state index >= 15 is 0 Å². The smallest absolute Gasteiger partial charge is 0.239 e. The summed E-state index contributed by atoms with van der Waals surface area (Å²) in [6.07, 6.45) is 0. The highest BCUT2D eigenvalue weighted by molar-refractivity contribution is 6.34. The van der Waals surface area contributed by atoms with Crippen molar-refractivity contribution in [1.29, 1.82) is 0 Å². The van der Waals surface area contributed by atoms with E-state index in [2.05, 4.69) is 15.5 Å². The molecular formula is C13H15ClN4O. The molecule has 0 aliphatic carbocycles. The van der Waals surface area contributed by atoms with E-state index in [0.29, 0.717) is 17.5 Å². The number of nitrogens with one attached hydrogen (secondary N) is 1. The number of benzene rings is 1. The Balaban J connectivity index is 2.49. The summed E-state index contributed by atoms with van der Waals surface area (Å²) in [5.41, 5.74) is 0. The maximum atomic E-state index is 11.5. The van der Waals surface area contributed by atoms with Crippen molar-refractivity contribution in [3.63, 3.8) is 0 Å². The van der Waals surface area contributed by atoms with Gasteiger partial charge in [-0.1, -0.05) is 35.9 Å². The fourth-order valence-corrected chi connectivity index (χ4v) is 2.08. The third-order valence-electron chi connectivity index (χ3n) is 2.92. The van der Waals surface area contributed by atoms with Crippen molar-refractivity contribution in [2.75, 3.05) is 25.0 Å². The highest BCUT2D eigenvalue weighted by atomic mass is 35.5. The van der Waals surface area contributed by atoms with Gasteiger partial charge in [-0.3, -0.25) is 4.79 Å². The lowest BCUT2D eigenvalue weighted by Gasteiger charge is -2.21. The van der Waals surface area contributed by atoms with Gasteiger partial charge in [0.05, 0.1) is 6.54 Å². The van der Waals surface area contributed by atoms with Gasteiger partial charge in [-0.2, -0.15) is 0 Å². The predicted octanol–water partition coefficient (Wildman–Crippen LogP) is 1.86. The first-order chi connectivity index (χ1) is 9.17. The summed E-state index contributed by atoms with van der Waals surface area (Å²) in [6, 6.07) is 7.63. The van der Waals surface area contributed by atoms with Gasteiger partial charge in [0, 0.05) is 24.4 Å². The number of nitrogens with zero attached hydrogens (tertiary/aromatic N) is 3. The number of fused-ring (bicyclic) bond motifs is 1. The van der Waals surface area contributed by atoms with E-state index in [0.717, 1.165) is 10.8 Å². The van der Waals surface area contributed by atoms with Crippen LogP contribution in [0.3, 0.4) is 0 Å². The molecule has 0 aliphatic rings. The van der Waals surface area contributed by atoms with Crippen molar-refractivity contribution in [2.45, 2.75) is 6.92 Å². The monoisotopic (exact) mass is 278 g/mol. The third-order valence-corrected chi connectivity index (χ3v) is 3.20. The van der Waals surface area contributed by atoms with Crippen LogP contribution in [0.15, 0.2) is 24.3 Å². The minimum Gasteiger partial charge on any atom is -0.358 e. The molecule has 1 aromatic heterocycles. The molecule has 1 amide bonds. The molecule has 0 saturated carbocycles. The lowest BCUT2D eigenvalue weighted by atomic mass is 10.2. The molecule has 2 aromatic rings. The minimum atomic E-state index is -0.0670. The van der Waals surface area contributed by atoms with Crippen LogP contribution in [0, 0.1) is 0 Å². The molecule has 0 unspecified atom stereocenters. The summed E-state index contributed by atoms with van der Waals surface area (Å²) in [7, 11) is 1.61. The molecule has 1 heterocycles. The molecule has 0 atom stereocenters. The topological polar surface area (TPSA) is 58.1 Å². The molecule has 1 N–H and O–H groups in total. The maximum Gasteiger partial charge on any atom is 0.239 e. The Morgan fingerprint density at radius 3 is 2.63 bits per heavy atom. The first-order valence-corrected chi connectivity index (χ1v) is 6.41. The predicted molar refractivity (Wildman–Crippen MR) is 76.5 cm³/mol. The first kappa shape index (κ1) is 13.5. The summed E-state index contributed by atoms with van der Waals surface area (Å²) in [4.78, 5) is 13.4. The zero-order valence-corrected chi connectivity index (χ0v) is 11.6. The van der Waals surface area contributed by atoms with Gasteiger partial charge in [-0.05, 0) is 6.92 Å². The minimum absolute atomic E-state index is 0.0670. The molecule has 1 aromatic carbocycles. The normalized spacial score (nSPS) is 10.5. The number of hydrogen-bond donors (Lipinski definition) is 1. The number of hydrogen-bond acceptors (Lipinski definition) is 4. The van der Waals surface area contributed by atoms with E-state index in [4.69, 9.17) is 11.6 Å². The second-order valence-electron chi connectivity index (χ2n) is 4.05. The van der Waals surface area contributed by atoms with E-state index in [9.17, 15) is 4.79 Å². The van der Waals surface area contributed by atoms with E-state index < -0.39 is 0 Å². The third kappa shape index (κ3) is 2.76. The Bertz CT molecular complexity index is 602. The van der Waals surface area contributed by atoms with Gasteiger partial charge in [0.25, 0.3) is 0 Å². The number of likely N-dealkylation sites (N-methyl/N-ethyl adjacent to an activating group) is 2. The van der Waals surface area contributed by atoms with E-state index in [1.54, 1.807) is 7.05 Å². The largest absolute Gasteiger partial charge is 0.358 e. The van der Waals surface area contributed by atoms with Gasteiger partial charge in [0.15, 0.2) is 11.0 Å². The van der Waals surface area contributed by atoms with Crippen LogP contribution in [0.1, 0.15) is 6.92 Å². The van der Waals surface area contributed by atoms with Crippen molar-refractivity contribution in [1.82, 2.24) is 15.5 Å². The van der Waals surface area contributed by atoms with Crippen molar-refractivity contribution < 1.29 is 4.79 Å². The Kier molecular flexibility index (Phi) is 4.16. The van der Waals surface area contributed by atoms with Gasteiger partial charge in [0.1, 0.15) is 0 Å². The van der Waals surface area contributed by atoms with E-state index in [1.165, 1.54) is 0 Å². The summed E-state index contributed by atoms with van der Waals surface area (Å²) < 4.78 is 0. The molecule has 0 saturated heterocycles. The Morgan fingerprint density at radius 2 is 2.00 bits per heavy atom. The second-order valence-corrected chi connectivity index (χ2v) is 4.41. The van der Waals surface area contributed by atoms with Crippen LogP contribution in [0.4, 0.5) is 5.82 Å². The Morgan fingerprint density at radius 1 is 1.32 bits per heavy atom. The van der Waals surface area contributed by atoms with Gasteiger partial charge in [0.2, 0.25) is 5.91 Å². The number of rotatable bonds is 4. The standard InChI is InChI=1S/C13H15ClN4O/c1-3-18(8-11(19)15-2)13-10-7-5-4-6-9(10)12(14)16-17-13/h4-7H,3,8H2,1-2H3,(H,15,19). The highest BCUT2D eigenvalue weighted by Crippen LogP contribution is 2.27. The van der Waals surface area contributed by atoms with Crippen LogP contribution >= 0.6 is 11.6 Å². The Hall–Kier alpha value is -1.88. The number of aromatic nitrogens is 2. The van der Waals surface area contributed by atoms with Gasteiger partial charge in [-0.15, -0.1) is 10.2 Å². The summed E-state index contributed by atoms with van der Waals surface area (Å²) in [5.74, 6) is 0.605. The van der Waals surface area contributed by atoms with Crippen molar-refractivity contribution in [2.24, 2.45) is 0 Å². The van der Waals surface area contributed by atoms with Gasteiger partial charge >= 0.3 is 0 Å². The molecular weight excluding hydrogens is 264 g/mol. The maximum absolute atomic E-state index is 11.5. The molecule has 2 rings (SSSR count). The van der Waals surface area contributed by atoms with Crippen LogP contribution in [0.25, 0.3) is 10.8 Å². The van der Waals surface area contributed by atoms with Gasteiger partial charge < -0.3 is 10.2 Å². The zero-order valence-electron chi connectivity index (χ0n) is 10.9. The molecule has 19 heavy (non-hydrogen) atoms. The average Bonchev–Trinajstić information content (AvgIpc) is 2.45. The van der Waals surface area contributed by atoms with Crippen LogP contribution < -0.4 is 10.2 Å². The average molecular weight is 279 g/mol. The molecule has 0 fully saturated rings. The lowest BCUT2D eigenvalue weighted by molar-refractivity contribution is -0.119. The highest BCUT2D eigenvalue weighted by Gasteiger charge is 2.15. The molecule has 0 bridgehead atoms. The molecule has 5 nitrogen and oxygen atoms in total. The number of carbonyl (C=O) groups is 1. The van der Waals surface area contributed by atoms with E-state index in [1.807, 2.05) is 36.1 Å². The number of amides is 1. The summed E-state index contributed by atoms with van der Waals surface area (Å²) in [5, 5.41) is 12.8. The number of carbonyl (C=O) groups excluding carboxylic acids is 1. The molecule has 0 spiro atoms.